The van der Waals surface area contributed by atoms with Gasteiger partial charge in [0.15, 0.2) is 0 Å². The van der Waals surface area contributed by atoms with E-state index in [1.165, 1.54) is 0 Å². The molecule has 6 rings (SSSR count). The minimum absolute atomic E-state index is 0.0565. The summed E-state index contributed by atoms with van der Waals surface area (Å²) in [6.45, 7) is 1.62. The van der Waals surface area contributed by atoms with Gasteiger partial charge in [-0.3, -0.25) is 4.98 Å². The lowest BCUT2D eigenvalue weighted by molar-refractivity contribution is -0.187. The van der Waals surface area contributed by atoms with Crippen LogP contribution in [-0.2, 0) is 11.8 Å². The average molecular weight is 440 g/mol. The van der Waals surface area contributed by atoms with Crippen LogP contribution in [0.3, 0.4) is 0 Å². The zero-order chi connectivity index (χ0) is 22.1. The second-order valence-electron chi connectivity index (χ2n) is 9.07. The van der Waals surface area contributed by atoms with E-state index in [4.69, 9.17) is 4.42 Å². The molecule has 10 heteroatoms. The highest BCUT2D eigenvalue weighted by Crippen LogP contribution is 2.75. The van der Waals surface area contributed by atoms with Crippen LogP contribution in [0.5, 0.6) is 0 Å². The Morgan fingerprint density at radius 1 is 1.22 bits per heavy atom. The molecule has 2 saturated heterocycles. The molecule has 32 heavy (non-hydrogen) atoms. The first kappa shape index (κ1) is 19.5. The Balaban J connectivity index is 1.39. The maximum atomic E-state index is 14.3. The van der Waals surface area contributed by atoms with Gasteiger partial charge in [0.2, 0.25) is 11.8 Å². The summed E-state index contributed by atoms with van der Waals surface area (Å²) < 4.78 is 48.8. The van der Waals surface area contributed by atoms with Gasteiger partial charge in [0.05, 0.1) is 16.5 Å². The first-order valence-electron chi connectivity index (χ1n) is 10.5. The molecule has 1 aromatic carbocycles. The SMILES string of the molecule is N#Cc1ccc(N2C[C@]3(c4nnc(CC5CNC5)o4)C[C@]3(C(F)(F)F)C2)c2cccnc12. The molecule has 1 N–H and O–H groups in total. The summed E-state index contributed by atoms with van der Waals surface area (Å²) in [6, 6.07) is 8.92. The Labute approximate surface area is 181 Å². The minimum Gasteiger partial charge on any atom is -0.425 e. The van der Waals surface area contributed by atoms with Crippen molar-refractivity contribution < 1.29 is 17.6 Å². The minimum atomic E-state index is -4.41. The van der Waals surface area contributed by atoms with E-state index in [0.717, 1.165) is 13.1 Å². The zero-order valence-electron chi connectivity index (χ0n) is 17.0. The molecule has 0 spiro atoms. The van der Waals surface area contributed by atoms with Crippen LogP contribution in [0, 0.1) is 22.7 Å². The lowest BCUT2D eigenvalue weighted by Crippen LogP contribution is -2.43. The van der Waals surface area contributed by atoms with Crippen molar-refractivity contribution in [1.29, 1.82) is 5.26 Å². The molecular formula is C22H19F3N6O. The molecule has 7 nitrogen and oxygen atoms in total. The van der Waals surface area contributed by atoms with Gasteiger partial charge in [-0.15, -0.1) is 10.2 Å². The molecule has 3 aromatic rings. The summed E-state index contributed by atoms with van der Waals surface area (Å²) in [5.74, 6) is 0.857. The van der Waals surface area contributed by atoms with Crippen molar-refractivity contribution in [3.63, 3.8) is 0 Å². The molecule has 0 amide bonds. The highest BCUT2D eigenvalue weighted by Gasteiger charge is 2.86. The lowest BCUT2D eigenvalue weighted by Gasteiger charge is -2.25. The third kappa shape index (κ3) is 2.54. The van der Waals surface area contributed by atoms with Crippen molar-refractivity contribution in [2.45, 2.75) is 24.4 Å². The summed E-state index contributed by atoms with van der Waals surface area (Å²) in [5, 5.41) is 21.3. The number of alkyl halides is 3. The van der Waals surface area contributed by atoms with Crippen LogP contribution in [0.2, 0.25) is 0 Å². The van der Waals surface area contributed by atoms with Gasteiger partial charge in [-0.25, -0.2) is 0 Å². The molecule has 4 heterocycles. The molecule has 0 radical (unpaired) electrons. The number of rotatable bonds is 4. The topological polar surface area (TPSA) is 90.9 Å². The molecule has 164 valence electrons. The van der Waals surface area contributed by atoms with Crippen molar-refractivity contribution in [2.75, 3.05) is 31.1 Å². The molecule has 0 bridgehead atoms. The van der Waals surface area contributed by atoms with Gasteiger partial charge in [0.25, 0.3) is 0 Å². The number of nitriles is 1. The van der Waals surface area contributed by atoms with Gasteiger partial charge in [-0.05, 0) is 49.7 Å². The van der Waals surface area contributed by atoms with E-state index in [9.17, 15) is 18.4 Å². The normalized spacial score (nSPS) is 27.2. The highest BCUT2D eigenvalue weighted by atomic mass is 19.4. The van der Waals surface area contributed by atoms with Gasteiger partial charge in [-0.1, -0.05) is 0 Å². The Hall–Kier alpha value is -3.19. The number of anilines is 1. The monoisotopic (exact) mass is 440 g/mol. The smallest absolute Gasteiger partial charge is 0.397 e. The quantitative estimate of drug-likeness (QED) is 0.667. The third-order valence-electron chi connectivity index (χ3n) is 7.27. The number of aromatic nitrogens is 3. The molecule has 2 aliphatic heterocycles. The maximum absolute atomic E-state index is 14.3. The number of nitrogens with zero attached hydrogens (tertiary/aromatic N) is 5. The summed E-state index contributed by atoms with van der Waals surface area (Å²) in [5.41, 5.74) is -1.68. The predicted molar refractivity (Wildman–Crippen MR) is 108 cm³/mol. The second kappa shape index (κ2) is 6.42. The van der Waals surface area contributed by atoms with Crippen LogP contribution in [-0.4, -0.2) is 47.5 Å². The first-order chi connectivity index (χ1) is 15.4. The molecule has 2 atom stereocenters. The van der Waals surface area contributed by atoms with Crippen LogP contribution in [0.25, 0.3) is 10.9 Å². The number of halogens is 3. The molecule has 1 saturated carbocycles. The van der Waals surface area contributed by atoms with Crippen LogP contribution in [0.15, 0.2) is 34.9 Å². The number of fused-ring (bicyclic) bond motifs is 2. The van der Waals surface area contributed by atoms with Crippen molar-refractivity contribution in [3.05, 3.63) is 47.8 Å². The van der Waals surface area contributed by atoms with E-state index < -0.39 is 17.0 Å². The number of benzene rings is 1. The lowest BCUT2D eigenvalue weighted by atomic mass is 9.95. The average Bonchev–Trinajstić information content (AvgIpc) is 3.06. The standard InChI is InChI=1S/C22H19F3N6O/c23-22(24,25)21-10-20(21,19-30-29-17(32-19)6-13-8-27-9-13)11-31(12-21)16-4-3-14(7-26)18-15(16)2-1-5-28-18/h1-5,13,27H,6,8-12H2/t20-,21-/m0/s1. The van der Waals surface area contributed by atoms with Crippen LogP contribution < -0.4 is 10.2 Å². The zero-order valence-corrected chi connectivity index (χ0v) is 17.0. The van der Waals surface area contributed by atoms with Crippen LogP contribution in [0.4, 0.5) is 18.9 Å². The van der Waals surface area contributed by atoms with Gasteiger partial charge in [0.1, 0.15) is 11.5 Å². The van der Waals surface area contributed by atoms with Crippen LogP contribution >= 0.6 is 0 Å². The second-order valence-corrected chi connectivity index (χ2v) is 9.07. The summed E-state index contributed by atoms with van der Waals surface area (Å²) in [6.07, 6.45) is -2.32. The number of piperidine rings is 1. The Morgan fingerprint density at radius 2 is 2.06 bits per heavy atom. The summed E-state index contributed by atoms with van der Waals surface area (Å²) in [7, 11) is 0. The fourth-order valence-corrected chi connectivity index (χ4v) is 5.37. The Kier molecular flexibility index (Phi) is 3.91. The largest absolute Gasteiger partial charge is 0.425 e. The van der Waals surface area contributed by atoms with Gasteiger partial charge < -0.3 is 14.6 Å². The van der Waals surface area contributed by atoms with Crippen LogP contribution in [0.1, 0.15) is 23.8 Å². The van der Waals surface area contributed by atoms with Gasteiger partial charge >= 0.3 is 6.18 Å². The molecule has 3 fully saturated rings. The summed E-state index contributed by atoms with van der Waals surface area (Å²) in [4.78, 5) is 6.01. The number of nitrogens with one attached hydrogen (secondary N) is 1. The number of hydrogen-bond donors (Lipinski definition) is 1. The number of hydrogen-bond acceptors (Lipinski definition) is 7. The first-order valence-corrected chi connectivity index (χ1v) is 10.5. The summed E-state index contributed by atoms with van der Waals surface area (Å²) >= 11 is 0. The third-order valence-corrected chi connectivity index (χ3v) is 7.27. The van der Waals surface area contributed by atoms with Gasteiger partial charge in [0, 0.05) is 36.8 Å². The molecular weight excluding hydrogens is 421 g/mol. The van der Waals surface area contributed by atoms with E-state index >= 15 is 0 Å². The van der Waals surface area contributed by atoms with Crippen molar-refractivity contribution in [1.82, 2.24) is 20.5 Å². The van der Waals surface area contributed by atoms with E-state index in [1.54, 1.807) is 35.4 Å². The number of pyridine rings is 1. The Morgan fingerprint density at radius 3 is 2.78 bits per heavy atom. The maximum Gasteiger partial charge on any atom is 0.397 e. The molecule has 2 aromatic heterocycles. The molecule has 1 aliphatic carbocycles. The highest BCUT2D eigenvalue weighted by molar-refractivity contribution is 5.95. The van der Waals surface area contributed by atoms with Crippen molar-refractivity contribution in [2.24, 2.45) is 11.3 Å². The Bertz CT molecular complexity index is 1260. The van der Waals surface area contributed by atoms with Crippen molar-refractivity contribution >= 4 is 16.6 Å². The molecule has 0 unspecified atom stereocenters. The predicted octanol–water partition coefficient (Wildman–Crippen LogP) is 2.96. The molecule has 3 aliphatic rings. The fourth-order valence-electron chi connectivity index (χ4n) is 5.37. The van der Waals surface area contributed by atoms with E-state index in [1.807, 2.05) is 0 Å². The van der Waals surface area contributed by atoms with E-state index in [-0.39, 0.29) is 25.4 Å². The van der Waals surface area contributed by atoms with E-state index in [2.05, 4.69) is 26.6 Å². The fraction of sp³-hybridized carbons (Fsp3) is 0.455. The van der Waals surface area contributed by atoms with E-state index in [0.29, 0.717) is 40.4 Å². The van der Waals surface area contributed by atoms with Crippen molar-refractivity contribution in [3.8, 4) is 6.07 Å². The van der Waals surface area contributed by atoms with Gasteiger partial charge in [-0.2, -0.15) is 18.4 Å².